The predicted octanol–water partition coefficient (Wildman–Crippen LogP) is 5.08. The molecule has 0 saturated heterocycles. The number of sulfonamides is 1. The fourth-order valence-corrected chi connectivity index (χ4v) is 5.01. The van der Waals surface area contributed by atoms with Crippen molar-refractivity contribution in [1.29, 1.82) is 0 Å². The van der Waals surface area contributed by atoms with Crippen LogP contribution < -0.4 is 4.72 Å². The van der Waals surface area contributed by atoms with Crippen LogP contribution in [0.1, 0.15) is 16.7 Å². The second-order valence-corrected chi connectivity index (χ2v) is 9.39. The van der Waals surface area contributed by atoms with Gasteiger partial charge in [-0.15, -0.1) is 0 Å². The quantitative estimate of drug-likeness (QED) is 0.510. The van der Waals surface area contributed by atoms with E-state index in [1.54, 1.807) is 24.4 Å². The molecule has 4 aromatic rings. The fourth-order valence-electron chi connectivity index (χ4n) is 2.89. The van der Waals surface area contributed by atoms with Gasteiger partial charge in [-0.2, -0.15) is 0 Å². The van der Waals surface area contributed by atoms with E-state index >= 15 is 0 Å². The van der Waals surface area contributed by atoms with Crippen molar-refractivity contribution in [3.8, 4) is 10.6 Å². The van der Waals surface area contributed by atoms with Gasteiger partial charge in [-0.1, -0.05) is 17.4 Å². The molecule has 2 aromatic carbocycles. The number of hydrogen-bond acceptors (Lipinski definition) is 5. The van der Waals surface area contributed by atoms with Gasteiger partial charge >= 0.3 is 0 Å². The van der Waals surface area contributed by atoms with Crippen LogP contribution in [-0.2, 0) is 10.0 Å². The van der Waals surface area contributed by atoms with Gasteiger partial charge < -0.3 is 0 Å². The van der Waals surface area contributed by atoms with E-state index in [0.717, 1.165) is 37.6 Å². The molecule has 0 aliphatic heterocycles. The molecule has 28 heavy (non-hydrogen) atoms. The first-order chi connectivity index (χ1) is 13.3. The van der Waals surface area contributed by atoms with E-state index in [4.69, 9.17) is 0 Å². The lowest BCUT2D eigenvalue weighted by Gasteiger charge is -2.12. The first kappa shape index (κ1) is 18.6. The second-order valence-electron chi connectivity index (χ2n) is 6.73. The van der Waals surface area contributed by atoms with Crippen molar-refractivity contribution >= 4 is 37.4 Å². The van der Waals surface area contributed by atoms with Crippen LogP contribution in [0.2, 0.25) is 0 Å². The maximum absolute atomic E-state index is 12.8. The van der Waals surface area contributed by atoms with Crippen LogP contribution in [0.5, 0.6) is 0 Å². The summed E-state index contributed by atoms with van der Waals surface area (Å²) in [4.78, 5) is 10.1. The van der Waals surface area contributed by atoms with E-state index in [2.05, 4.69) is 14.7 Å². The largest absolute Gasteiger partial charge is 0.279 e. The van der Waals surface area contributed by atoms with Crippen LogP contribution in [0.3, 0.4) is 0 Å². The molecule has 4 rings (SSSR count). The molecule has 2 heterocycles. The molecule has 0 unspecified atom stereocenters. The third-order valence-corrected chi connectivity index (χ3v) is 7.06. The van der Waals surface area contributed by atoms with Gasteiger partial charge in [-0.05, 0) is 79.9 Å². The molecule has 0 aliphatic carbocycles. The highest BCUT2D eigenvalue weighted by Crippen LogP contribution is 2.31. The van der Waals surface area contributed by atoms with Crippen LogP contribution in [0.15, 0.2) is 59.6 Å². The second kappa shape index (κ2) is 7.00. The first-order valence-electron chi connectivity index (χ1n) is 8.76. The Bertz CT molecular complexity index is 1260. The van der Waals surface area contributed by atoms with E-state index in [0.29, 0.717) is 5.69 Å². The van der Waals surface area contributed by atoms with Gasteiger partial charge in [-0.25, -0.2) is 18.4 Å². The van der Waals surface area contributed by atoms with Crippen LogP contribution in [0, 0.1) is 20.8 Å². The molecule has 0 saturated carbocycles. The molecule has 0 aliphatic rings. The third kappa shape index (κ3) is 3.50. The molecule has 0 fully saturated rings. The average molecular weight is 410 g/mol. The molecule has 5 nitrogen and oxygen atoms in total. The van der Waals surface area contributed by atoms with Crippen molar-refractivity contribution < 1.29 is 8.42 Å². The normalized spacial score (nSPS) is 11.7. The molecule has 7 heteroatoms. The number of fused-ring (bicyclic) bond motifs is 1. The number of aryl methyl sites for hydroxylation is 3. The summed E-state index contributed by atoms with van der Waals surface area (Å²) in [5.41, 5.74) is 5.19. The van der Waals surface area contributed by atoms with E-state index < -0.39 is 10.0 Å². The van der Waals surface area contributed by atoms with E-state index in [-0.39, 0.29) is 4.90 Å². The number of rotatable bonds is 4. The Kier molecular flexibility index (Phi) is 4.64. The van der Waals surface area contributed by atoms with E-state index in [1.165, 1.54) is 11.3 Å². The number of thiazole rings is 1. The van der Waals surface area contributed by atoms with Crippen molar-refractivity contribution in [1.82, 2.24) is 9.97 Å². The Labute approximate surface area is 168 Å². The van der Waals surface area contributed by atoms with Crippen LogP contribution >= 0.6 is 11.3 Å². The zero-order valence-corrected chi connectivity index (χ0v) is 17.4. The zero-order chi connectivity index (χ0) is 19.9. The van der Waals surface area contributed by atoms with Crippen molar-refractivity contribution in [2.75, 3.05) is 4.72 Å². The van der Waals surface area contributed by atoms with Gasteiger partial charge in [0.25, 0.3) is 10.0 Å². The number of hydrogen-bond donors (Lipinski definition) is 1. The smallest absolute Gasteiger partial charge is 0.261 e. The number of pyridine rings is 1. The molecule has 0 amide bonds. The molecule has 2 aromatic heterocycles. The Hall–Kier alpha value is -2.77. The minimum absolute atomic E-state index is 0.260. The Morgan fingerprint density at radius 3 is 2.46 bits per heavy atom. The minimum atomic E-state index is -3.65. The molecule has 1 N–H and O–H groups in total. The lowest BCUT2D eigenvalue weighted by Crippen LogP contribution is -2.14. The lowest BCUT2D eigenvalue weighted by atomic mass is 10.1. The van der Waals surface area contributed by atoms with Gasteiger partial charge in [-0.3, -0.25) is 4.72 Å². The molecular formula is C21H19N3O2S2. The lowest BCUT2D eigenvalue weighted by molar-refractivity contribution is 0.601. The van der Waals surface area contributed by atoms with Crippen LogP contribution in [0.25, 0.3) is 20.9 Å². The van der Waals surface area contributed by atoms with Crippen molar-refractivity contribution in [3.63, 3.8) is 0 Å². The summed E-state index contributed by atoms with van der Waals surface area (Å²) in [6.07, 6.45) is 1.75. The predicted molar refractivity (Wildman–Crippen MR) is 114 cm³/mol. The highest BCUT2D eigenvalue weighted by Gasteiger charge is 2.17. The molecule has 142 valence electrons. The van der Waals surface area contributed by atoms with E-state index in [9.17, 15) is 8.42 Å². The highest BCUT2D eigenvalue weighted by atomic mass is 32.2. The highest BCUT2D eigenvalue weighted by molar-refractivity contribution is 7.92. The SMILES string of the molecule is Cc1ccc(S(=O)(=O)Nc2ccc(-c3nc4cccnc4s3)cc2C)cc1C. The topological polar surface area (TPSA) is 72.0 Å². The zero-order valence-electron chi connectivity index (χ0n) is 15.7. The van der Waals surface area contributed by atoms with Gasteiger partial charge in [0.05, 0.1) is 10.6 Å². The van der Waals surface area contributed by atoms with Gasteiger partial charge in [0.2, 0.25) is 0 Å². The van der Waals surface area contributed by atoms with Crippen LogP contribution in [-0.4, -0.2) is 18.4 Å². The fraction of sp³-hybridized carbons (Fsp3) is 0.143. The molecule has 0 spiro atoms. The molecular weight excluding hydrogens is 390 g/mol. The summed E-state index contributed by atoms with van der Waals surface area (Å²) in [6.45, 7) is 5.74. The number of nitrogens with zero attached hydrogens (tertiary/aromatic N) is 2. The van der Waals surface area contributed by atoms with Gasteiger partial charge in [0.1, 0.15) is 15.4 Å². The molecule has 0 atom stereocenters. The third-order valence-electron chi connectivity index (χ3n) is 4.67. The Morgan fingerprint density at radius 2 is 1.75 bits per heavy atom. The number of anilines is 1. The van der Waals surface area contributed by atoms with E-state index in [1.807, 2.05) is 51.1 Å². The number of aromatic nitrogens is 2. The maximum Gasteiger partial charge on any atom is 0.261 e. The average Bonchev–Trinajstić information content (AvgIpc) is 3.09. The number of benzene rings is 2. The van der Waals surface area contributed by atoms with Gasteiger partial charge in [0, 0.05) is 11.8 Å². The van der Waals surface area contributed by atoms with Crippen molar-refractivity contribution in [3.05, 3.63) is 71.4 Å². The van der Waals surface area contributed by atoms with Crippen molar-refractivity contribution in [2.24, 2.45) is 0 Å². The molecule has 0 bridgehead atoms. The summed E-state index contributed by atoms with van der Waals surface area (Å²) in [5.74, 6) is 0. The maximum atomic E-state index is 12.8. The van der Waals surface area contributed by atoms with Crippen molar-refractivity contribution in [2.45, 2.75) is 25.7 Å². The van der Waals surface area contributed by atoms with Gasteiger partial charge in [0.15, 0.2) is 0 Å². The molecule has 0 radical (unpaired) electrons. The Balaban J connectivity index is 1.65. The summed E-state index contributed by atoms with van der Waals surface area (Å²) >= 11 is 1.52. The summed E-state index contributed by atoms with van der Waals surface area (Å²) in [7, 11) is -3.65. The monoisotopic (exact) mass is 409 g/mol. The van der Waals surface area contributed by atoms with Crippen LogP contribution in [0.4, 0.5) is 5.69 Å². The summed E-state index contributed by atoms with van der Waals surface area (Å²) in [6, 6.07) is 14.5. The Morgan fingerprint density at radius 1 is 0.929 bits per heavy atom. The standard InChI is InChI=1S/C21H19N3O2S2/c1-13-6-8-17(12-14(13)2)28(25,26)24-18-9-7-16(11-15(18)3)20-23-19-5-4-10-22-21(19)27-20/h4-12,24H,1-3H3. The minimum Gasteiger partial charge on any atom is -0.279 e. The summed E-state index contributed by atoms with van der Waals surface area (Å²) in [5, 5.41) is 0.861. The summed E-state index contributed by atoms with van der Waals surface area (Å²) < 4.78 is 28.2. The number of nitrogens with one attached hydrogen (secondary N) is 1. The first-order valence-corrected chi connectivity index (χ1v) is 11.1.